The molecule has 0 amide bonds. The molecule has 2 fully saturated rings. The molecule has 0 aromatic rings. The Morgan fingerprint density at radius 2 is 2.17 bits per heavy atom. The Morgan fingerprint density at radius 3 is 2.78 bits per heavy atom. The molecule has 2 atom stereocenters. The minimum Gasteiger partial charge on any atom is -0.481 e. The van der Waals surface area contributed by atoms with Crippen molar-refractivity contribution in [1.29, 1.82) is 5.26 Å². The Labute approximate surface area is 108 Å². The number of rotatable bonds is 6. The van der Waals surface area contributed by atoms with Crippen molar-refractivity contribution in [2.24, 2.45) is 5.92 Å². The number of carboxylic acids is 1. The molecule has 2 rings (SSSR count). The first-order chi connectivity index (χ1) is 8.67. The van der Waals surface area contributed by atoms with E-state index in [0.29, 0.717) is 24.5 Å². The van der Waals surface area contributed by atoms with Gasteiger partial charge in [0.15, 0.2) is 0 Å². The summed E-state index contributed by atoms with van der Waals surface area (Å²) in [4.78, 5) is 12.8. The van der Waals surface area contributed by atoms with E-state index in [1.165, 1.54) is 12.8 Å². The first kappa shape index (κ1) is 13.3. The molecule has 2 unspecified atom stereocenters. The molecular weight excluding hydrogens is 230 g/mol. The van der Waals surface area contributed by atoms with Gasteiger partial charge >= 0.3 is 5.97 Å². The van der Waals surface area contributed by atoms with Crippen LogP contribution < -0.4 is 5.32 Å². The van der Waals surface area contributed by atoms with Gasteiger partial charge in [0.25, 0.3) is 0 Å². The van der Waals surface area contributed by atoms with Crippen molar-refractivity contribution >= 4 is 5.97 Å². The highest BCUT2D eigenvalue weighted by atomic mass is 16.4. The summed E-state index contributed by atoms with van der Waals surface area (Å²) in [5.74, 6) is -0.321. The number of carbonyl (C=O) groups is 1. The standard InChI is InChI=1S/C13H21N3O2/c14-5-6-16-8-10(1-4-13(17)18)7-12(9-16)15-11-2-3-11/h10-12,15H,1-4,6-9H2,(H,17,18). The summed E-state index contributed by atoms with van der Waals surface area (Å²) in [6.45, 7) is 2.24. The minimum absolute atomic E-state index is 0.237. The van der Waals surface area contributed by atoms with Crippen LogP contribution in [0.25, 0.3) is 0 Å². The zero-order chi connectivity index (χ0) is 13.0. The zero-order valence-electron chi connectivity index (χ0n) is 10.6. The van der Waals surface area contributed by atoms with E-state index in [2.05, 4.69) is 16.3 Å². The fourth-order valence-corrected chi connectivity index (χ4v) is 2.77. The van der Waals surface area contributed by atoms with Crippen LogP contribution in [-0.2, 0) is 4.79 Å². The third-order valence-corrected chi connectivity index (χ3v) is 3.72. The topological polar surface area (TPSA) is 76.4 Å². The second-order valence-corrected chi connectivity index (χ2v) is 5.52. The average Bonchev–Trinajstić information content (AvgIpc) is 3.10. The van der Waals surface area contributed by atoms with Gasteiger partial charge in [-0.2, -0.15) is 5.26 Å². The number of hydrogen-bond acceptors (Lipinski definition) is 4. The van der Waals surface area contributed by atoms with Crippen molar-refractivity contribution in [1.82, 2.24) is 10.2 Å². The van der Waals surface area contributed by atoms with Gasteiger partial charge in [0, 0.05) is 31.6 Å². The minimum atomic E-state index is -0.723. The molecular formula is C13H21N3O2. The summed E-state index contributed by atoms with van der Waals surface area (Å²) in [5.41, 5.74) is 0. The van der Waals surface area contributed by atoms with Crippen molar-refractivity contribution in [2.75, 3.05) is 19.6 Å². The lowest BCUT2D eigenvalue weighted by molar-refractivity contribution is -0.137. The zero-order valence-corrected chi connectivity index (χ0v) is 10.6. The number of nitriles is 1. The molecule has 0 spiro atoms. The average molecular weight is 251 g/mol. The van der Waals surface area contributed by atoms with Crippen molar-refractivity contribution in [3.8, 4) is 6.07 Å². The number of nitrogens with zero attached hydrogens (tertiary/aromatic N) is 2. The van der Waals surface area contributed by atoms with Crippen molar-refractivity contribution in [3.05, 3.63) is 0 Å². The first-order valence-corrected chi connectivity index (χ1v) is 6.74. The molecule has 2 aliphatic rings. The molecule has 0 radical (unpaired) electrons. The van der Waals surface area contributed by atoms with Gasteiger partial charge in [-0.05, 0) is 31.6 Å². The van der Waals surface area contributed by atoms with E-state index in [9.17, 15) is 4.79 Å². The molecule has 5 heteroatoms. The maximum absolute atomic E-state index is 10.6. The maximum Gasteiger partial charge on any atom is 0.303 e. The lowest BCUT2D eigenvalue weighted by Gasteiger charge is -2.37. The van der Waals surface area contributed by atoms with E-state index < -0.39 is 5.97 Å². The second-order valence-electron chi connectivity index (χ2n) is 5.52. The summed E-state index contributed by atoms with van der Waals surface area (Å²) in [7, 11) is 0. The molecule has 18 heavy (non-hydrogen) atoms. The highest BCUT2D eigenvalue weighted by Gasteiger charge is 2.31. The number of piperidine rings is 1. The molecule has 1 saturated heterocycles. The fraction of sp³-hybridized carbons (Fsp3) is 0.846. The molecule has 2 N–H and O–H groups in total. The van der Waals surface area contributed by atoms with E-state index in [4.69, 9.17) is 10.4 Å². The summed E-state index contributed by atoms with van der Waals surface area (Å²) in [6.07, 6.45) is 4.52. The lowest BCUT2D eigenvalue weighted by Crippen LogP contribution is -2.49. The molecule has 0 aromatic heterocycles. The van der Waals surface area contributed by atoms with Crippen molar-refractivity contribution < 1.29 is 9.90 Å². The number of likely N-dealkylation sites (tertiary alicyclic amines) is 1. The van der Waals surface area contributed by atoms with Gasteiger partial charge in [0.05, 0.1) is 12.6 Å². The summed E-state index contributed by atoms with van der Waals surface area (Å²) in [5, 5.41) is 21.2. The Bertz CT molecular complexity index is 336. The smallest absolute Gasteiger partial charge is 0.303 e. The quantitative estimate of drug-likeness (QED) is 0.683. The number of hydrogen-bond donors (Lipinski definition) is 2. The molecule has 0 bridgehead atoms. The summed E-state index contributed by atoms with van der Waals surface area (Å²) >= 11 is 0. The Hall–Kier alpha value is -1.12. The van der Waals surface area contributed by atoms with Crippen LogP contribution in [-0.4, -0.2) is 47.7 Å². The van der Waals surface area contributed by atoms with Gasteiger partial charge in [0.1, 0.15) is 0 Å². The van der Waals surface area contributed by atoms with Gasteiger partial charge in [-0.25, -0.2) is 0 Å². The SMILES string of the molecule is N#CCN1CC(CCC(=O)O)CC(NC2CC2)C1. The Kier molecular flexibility index (Phi) is 4.56. The molecule has 100 valence electrons. The molecule has 1 heterocycles. The third kappa shape index (κ3) is 4.28. The molecule has 1 aliphatic carbocycles. The second kappa shape index (κ2) is 6.17. The monoisotopic (exact) mass is 251 g/mol. The highest BCUT2D eigenvalue weighted by molar-refractivity contribution is 5.66. The normalized spacial score (nSPS) is 28.8. The van der Waals surface area contributed by atoms with Crippen LogP contribution in [0.5, 0.6) is 0 Å². The number of aliphatic carboxylic acids is 1. The number of carboxylic acid groups (broad SMARTS) is 1. The van der Waals surface area contributed by atoms with Crippen LogP contribution in [0.3, 0.4) is 0 Å². The lowest BCUT2D eigenvalue weighted by atomic mass is 9.90. The van der Waals surface area contributed by atoms with E-state index in [1.54, 1.807) is 0 Å². The predicted molar refractivity (Wildman–Crippen MR) is 67.0 cm³/mol. The van der Waals surface area contributed by atoms with Crippen LogP contribution in [0, 0.1) is 17.2 Å². The molecule has 1 saturated carbocycles. The Balaban J connectivity index is 1.83. The summed E-state index contributed by atoms with van der Waals surface area (Å²) < 4.78 is 0. The third-order valence-electron chi connectivity index (χ3n) is 3.72. The van der Waals surface area contributed by atoms with E-state index >= 15 is 0 Å². The van der Waals surface area contributed by atoms with Crippen LogP contribution in [0.4, 0.5) is 0 Å². The number of nitrogens with one attached hydrogen (secondary N) is 1. The largest absolute Gasteiger partial charge is 0.481 e. The van der Waals surface area contributed by atoms with E-state index in [1.807, 2.05) is 0 Å². The van der Waals surface area contributed by atoms with Gasteiger partial charge in [-0.1, -0.05) is 0 Å². The fourth-order valence-electron chi connectivity index (χ4n) is 2.77. The van der Waals surface area contributed by atoms with Crippen molar-refractivity contribution in [2.45, 2.75) is 44.2 Å². The van der Waals surface area contributed by atoms with Crippen LogP contribution in [0.1, 0.15) is 32.1 Å². The van der Waals surface area contributed by atoms with Crippen LogP contribution in [0.2, 0.25) is 0 Å². The predicted octanol–water partition coefficient (Wildman–Crippen LogP) is 0.817. The molecule has 5 nitrogen and oxygen atoms in total. The van der Waals surface area contributed by atoms with E-state index in [0.717, 1.165) is 25.9 Å². The summed E-state index contributed by atoms with van der Waals surface area (Å²) in [6, 6.07) is 3.29. The Morgan fingerprint density at radius 1 is 1.39 bits per heavy atom. The van der Waals surface area contributed by atoms with Crippen LogP contribution >= 0.6 is 0 Å². The van der Waals surface area contributed by atoms with Crippen molar-refractivity contribution in [3.63, 3.8) is 0 Å². The van der Waals surface area contributed by atoms with Gasteiger partial charge < -0.3 is 10.4 Å². The maximum atomic E-state index is 10.6. The molecule has 0 aromatic carbocycles. The first-order valence-electron chi connectivity index (χ1n) is 6.74. The van der Waals surface area contributed by atoms with Gasteiger partial charge in [-0.3, -0.25) is 9.69 Å². The van der Waals surface area contributed by atoms with Gasteiger partial charge in [-0.15, -0.1) is 0 Å². The van der Waals surface area contributed by atoms with E-state index in [-0.39, 0.29) is 6.42 Å². The van der Waals surface area contributed by atoms with Crippen LogP contribution in [0.15, 0.2) is 0 Å². The van der Waals surface area contributed by atoms with Gasteiger partial charge in [0.2, 0.25) is 0 Å². The highest BCUT2D eigenvalue weighted by Crippen LogP contribution is 2.25. The molecule has 1 aliphatic heterocycles.